The van der Waals surface area contributed by atoms with E-state index in [4.69, 9.17) is 18.9 Å². The summed E-state index contributed by atoms with van der Waals surface area (Å²) in [6, 6.07) is 10.6. The van der Waals surface area contributed by atoms with Crippen molar-refractivity contribution < 1.29 is 28.8 Å². The molecule has 1 unspecified atom stereocenters. The average Bonchev–Trinajstić information content (AvgIpc) is 2.71. The number of hydrogen-bond donors (Lipinski definition) is 2. The minimum atomic E-state index is -0.838. The van der Waals surface area contributed by atoms with Gasteiger partial charge in [-0.25, -0.2) is 0 Å². The lowest BCUT2D eigenvalue weighted by atomic mass is 10.1. The van der Waals surface area contributed by atoms with Gasteiger partial charge in [0.2, 0.25) is 5.91 Å². The zero-order valence-electron chi connectivity index (χ0n) is 15.4. The van der Waals surface area contributed by atoms with Crippen LogP contribution < -0.4 is 24.3 Å². The predicted octanol–water partition coefficient (Wildman–Crippen LogP) is 1.87. The summed E-state index contributed by atoms with van der Waals surface area (Å²) in [5, 5.41) is 13.1. The molecule has 2 aromatic rings. The second-order valence-electron chi connectivity index (χ2n) is 6.09. The maximum atomic E-state index is 12.2. The third kappa shape index (κ3) is 4.62. The highest BCUT2D eigenvalue weighted by Gasteiger charge is 2.16. The summed E-state index contributed by atoms with van der Waals surface area (Å²) in [4.78, 5) is 12.2. The molecule has 2 N–H and O–H groups in total. The first-order valence-electron chi connectivity index (χ1n) is 8.66. The molecule has 0 saturated carbocycles. The highest BCUT2D eigenvalue weighted by Crippen LogP contribution is 2.32. The molecule has 2 aromatic carbocycles. The Balaban J connectivity index is 1.56. The standard InChI is InChI=1S/C20H23NO6/c1-24-16-5-3-13(9-18(16)25-2)10-20(23)21-12-15(22)14-4-6-17-19(11-14)27-8-7-26-17/h3-6,9,11,15,22H,7-8,10,12H2,1-2H3,(H,21,23). The number of rotatable bonds is 7. The minimum Gasteiger partial charge on any atom is -0.493 e. The van der Waals surface area contributed by atoms with Crippen LogP contribution in [0, 0.1) is 0 Å². The molecular weight excluding hydrogens is 350 g/mol. The number of aliphatic hydroxyl groups excluding tert-OH is 1. The maximum Gasteiger partial charge on any atom is 0.224 e. The highest BCUT2D eigenvalue weighted by molar-refractivity contribution is 5.78. The predicted molar refractivity (Wildman–Crippen MR) is 98.7 cm³/mol. The fraction of sp³-hybridized carbons (Fsp3) is 0.350. The Kier molecular flexibility index (Phi) is 6.03. The number of carbonyl (C=O) groups is 1. The molecule has 0 aromatic heterocycles. The van der Waals surface area contributed by atoms with E-state index < -0.39 is 6.10 Å². The van der Waals surface area contributed by atoms with E-state index in [1.54, 1.807) is 50.6 Å². The number of hydrogen-bond acceptors (Lipinski definition) is 6. The minimum absolute atomic E-state index is 0.103. The van der Waals surface area contributed by atoms with Crippen molar-refractivity contribution in [3.8, 4) is 23.0 Å². The summed E-state index contributed by atoms with van der Waals surface area (Å²) >= 11 is 0. The zero-order valence-corrected chi connectivity index (χ0v) is 15.4. The normalized spacial score (nSPS) is 13.6. The Morgan fingerprint density at radius 2 is 1.81 bits per heavy atom. The number of carbonyl (C=O) groups excluding carboxylic acids is 1. The van der Waals surface area contributed by atoms with Crippen molar-refractivity contribution in [2.24, 2.45) is 0 Å². The van der Waals surface area contributed by atoms with Gasteiger partial charge in [0.05, 0.1) is 26.7 Å². The van der Waals surface area contributed by atoms with Gasteiger partial charge in [0.1, 0.15) is 13.2 Å². The summed E-state index contributed by atoms with van der Waals surface area (Å²) < 4.78 is 21.4. The van der Waals surface area contributed by atoms with Gasteiger partial charge in [-0.1, -0.05) is 12.1 Å². The van der Waals surface area contributed by atoms with Crippen LogP contribution in [-0.4, -0.2) is 45.0 Å². The molecule has 1 amide bonds. The van der Waals surface area contributed by atoms with Gasteiger partial charge < -0.3 is 29.4 Å². The van der Waals surface area contributed by atoms with Crippen LogP contribution in [0.1, 0.15) is 17.2 Å². The fourth-order valence-corrected chi connectivity index (χ4v) is 2.83. The molecule has 1 aliphatic rings. The van der Waals surface area contributed by atoms with E-state index in [0.717, 1.165) is 5.56 Å². The van der Waals surface area contributed by atoms with E-state index in [1.807, 2.05) is 0 Å². The Bertz CT molecular complexity index is 807. The Morgan fingerprint density at radius 1 is 1.07 bits per heavy atom. The first-order valence-corrected chi connectivity index (χ1v) is 8.66. The molecule has 0 aliphatic carbocycles. The summed E-state index contributed by atoms with van der Waals surface area (Å²) in [6.45, 7) is 1.10. The van der Waals surface area contributed by atoms with Gasteiger partial charge in [-0.15, -0.1) is 0 Å². The summed E-state index contributed by atoms with van der Waals surface area (Å²) in [5.41, 5.74) is 1.45. The fourth-order valence-electron chi connectivity index (χ4n) is 2.83. The first kappa shape index (κ1) is 18.8. The second-order valence-corrected chi connectivity index (χ2v) is 6.09. The number of nitrogens with one attached hydrogen (secondary N) is 1. The van der Waals surface area contributed by atoms with Crippen molar-refractivity contribution in [3.05, 3.63) is 47.5 Å². The third-order valence-electron chi connectivity index (χ3n) is 4.26. The van der Waals surface area contributed by atoms with Crippen molar-refractivity contribution in [1.82, 2.24) is 5.32 Å². The van der Waals surface area contributed by atoms with Gasteiger partial charge in [0.15, 0.2) is 23.0 Å². The van der Waals surface area contributed by atoms with Crippen molar-refractivity contribution in [2.75, 3.05) is 34.0 Å². The Labute approximate surface area is 157 Å². The van der Waals surface area contributed by atoms with Gasteiger partial charge in [-0.3, -0.25) is 4.79 Å². The number of methoxy groups -OCH3 is 2. The van der Waals surface area contributed by atoms with E-state index in [2.05, 4.69) is 5.32 Å². The molecule has 1 atom stereocenters. The molecule has 144 valence electrons. The van der Waals surface area contributed by atoms with Gasteiger partial charge in [0.25, 0.3) is 0 Å². The molecule has 7 heteroatoms. The molecule has 1 heterocycles. The van der Waals surface area contributed by atoms with Crippen LogP contribution in [-0.2, 0) is 11.2 Å². The van der Waals surface area contributed by atoms with Gasteiger partial charge in [0, 0.05) is 6.54 Å². The van der Waals surface area contributed by atoms with Crippen molar-refractivity contribution in [1.29, 1.82) is 0 Å². The molecule has 7 nitrogen and oxygen atoms in total. The Hall–Kier alpha value is -2.93. The van der Waals surface area contributed by atoms with Crippen LogP contribution in [0.5, 0.6) is 23.0 Å². The van der Waals surface area contributed by atoms with Crippen LogP contribution in [0.2, 0.25) is 0 Å². The van der Waals surface area contributed by atoms with Crippen molar-refractivity contribution in [2.45, 2.75) is 12.5 Å². The average molecular weight is 373 g/mol. The zero-order chi connectivity index (χ0) is 19.2. The molecule has 0 saturated heterocycles. The van der Waals surface area contributed by atoms with E-state index in [9.17, 15) is 9.90 Å². The van der Waals surface area contributed by atoms with Crippen LogP contribution in [0.25, 0.3) is 0 Å². The number of benzene rings is 2. The summed E-state index contributed by atoms with van der Waals surface area (Å²) in [6.07, 6.45) is -0.663. The number of amides is 1. The molecule has 3 rings (SSSR count). The molecule has 1 aliphatic heterocycles. The van der Waals surface area contributed by atoms with Gasteiger partial charge in [-0.05, 0) is 35.4 Å². The highest BCUT2D eigenvalue weighted by atomic mass is 16.6. The topological polar surface area (TPSA) is 86.3 Å². The van der Waals surface area contributed by atoms with E-state index >= 15 is 0 Å². The Morgan fingerprint density at radius 3 is 2.56 bits per heavy atom. The molecule has 0 radical (unpaired) electrons. The monoisotopic (exact) mass is 373 g/mol. The van der Waals surface area contributed by atoms with Gasteiger partial charge in [-0.2, -0.15) is 0 Å². The quantitative estimate of drug-likeness (QED) is 0.771. The largest absolute Gasteiger partial charge is 0.493 e. The third-order valence-corrected chi connectivity index (χ3v) is 4.26. The SMILES string of the molecule is COc1ccc(CC(=O)NCC(O)c2ccc3c(c2)OCCO3)cc1OC. The molecule has 0 spiro atoms. The molecule has 27 heavy (non-hydrogen) atoms. The number of ether oxygens (including phenoxy) is 4. The van der Waals surface area contributed by atoms with Gasteiger partial charge >= 0.3 is 0 Å². The van der Waals surface area contributed by atoms with E-state index in [0.29, 0.717) is 41.8 Å². The summed E-state index contributed by atoms with van der Waals surface area (Å²) in [7, 11) is 3.11. The lowest BCUT2D eigenvalue weighted by molar-refractivity contribution is -0.120. The van der Waals surface area contributed by atoms with E-state index in [-0.39, 0.29) is 18.9 Å². The lowest BCUT2D eigenvalue weighted by Gasteiger charge is -2.20. The first-order chi connectivity index (χ1) is 13.1. The summed E-state index contributed by atoms with van der Waals surface area (Å²) in [5.74, 6) is 2.25. The van der Waals surface area contributed by atoms with Crippen LogP contribution in [0.4, 0.5) is 0 Å². The molecular formula is C20H23NO6. The van der Waals surface area contributed by atoms with Crippen LogP contribution in [0.15, 0.2) is 36.4 Å². The van der Waals surface area contributed by atoms with Crippen molar-refractivity contribution in [3.63, 3.8) is 0 Å². The van der Waals surface area contributed by atoms with Crippen LogP contribution in [0.3, 0.4) is 0 Å². The molecule has 0 bridgehead atoms. The smallest absolute Gasteiger partial charge is 0.224 e. The van der Waals surface area contributed by atoms with E-state index in [1.165, 1.54) is 0 Å². The van der Waals surface area contributed by atoms with Crippen molar-refractivity contribution >= 4 is 5.91 Å². The maximum absolute atomic E-state index is 12.2. The number of fused-ring (bicyclic) bond motifs is 1. The number of aliphatic hydroxyl groups is 1. The second kappa shape index (κ2) is 8.64. The molecule has 0 fully saturated rings. The van der Waals surface area contributed by atoms with Crippen LogP contribution >= 0.6 is 0 Å². The lowest BCUT2D eigenvalue weighted by Crippen LogP contribution is -2.29.